The zero-order valence-electron chi connectivity index (χ0n) is 9.77. The molecule has 0 aliphatic heterocycles. The van der Waals surface area contributed by atoms with Gasteiger partial charge in [-0.15, -0.1) is 0 Å². The lowest BCUT2D eigenvalue weighted by atomic mass is 10.1. The van der Waals surface area contributed by atoms with Crippen LogP contribution in [0.15, 0.2) is 45.8 Å². The Kier molecular flexibility index (Phi) is 4.07. The van der Waals surface area contributed by atoms with E-state index in [0.29, 0.717) is 21.6 Å². The number of halogens is 2. The SMILES string of the molecule is NC(=O)c1ccc(Cn2cccc(Br)c2=O)c(Cl)c1. The molecular formula is C13H10BrClN2O2. The second-order valence-electron chi connectivity index (χ2n) is 3.96. The molecule has 0 aliphatic carbocycles. The van der Waals surface area contributed by atoms with Crippen molar-refractivity contribution in [1.82, 2.24) is 4.57 Å². The van der Waals surface area contributed by atoms with Gasteiger partial charge < -0.3 is 10.3 Å². The lowest BCUT2D eigenvalue weighted by molar-refractivity contribution is 0.100. The van der Waals surface area contributed by atoms with Gasteiger partial charge in [0.05, 0.1) is 11.0 Å². The maximum absolute atomic E-state index is 11.9. The van der Waals surface area contributed by atoms with E-state index < -0.39 is 5.91 Å². The van der Waals surface area contributed by atoms with Crippen molar-refractivity contribution in [3.8, 4) is 0 Å². The van der Waals surface area contributed by atoms with Crippen LogP contribution in [0.2, 0.25) is 5.02 Å². The van der Waals surface area contributed by atoms with E-state index >= 15 is 0 Å². The lowest BCUT2D eigenvalue weighted by Crippen LogP contribution is -2.20. The lowest BCUT2D eigenvalue weighted by Gasteiger charge is -2.08. The second-order valence-corrected chi connectivity index (χ2v) is 5.22. The molecular weight excluding hydrogens is 332 g/mol. The molecule has 2 aromatic rings. The average molecular weight is 342 g/mol. The zero-order chi connectivity index (χ0) is 14.0. The first-order valence-corrected chi connectivity index (χ1v) is 6.59. The number of amides is 1. The molecule has 0 saturated carbocycles. The van der Waals surface area contributed by atoms with Gasteiger partial charge in [0.2, 0.25) is 5.91 Å². The molecule has 0 fully saturated rings. The fourth-order valence-corrected chi connectivity index (χ4v) is 2.27. The summed E-state index contributed by atoms with van der Waals surface area (Å²) in [6, 6.07) is 8.22. The van der Waals surface area contributed by atoms with Crippen molar-refractivity contribution in [2.45, 2.75) is 6.54 Å². The first-order chi connectivity index (χ1) is 8.99. The third kappa shape index (κ3) is 3.05. The maximum Gasteiger partial charge on any atom is 0.265 e. The summed E-state index contributed by atoms with van der Waals surface area (Å²) in [5, 5.41) is 0.406. The Morgan fingerprint density at radius 3 is 2.74 bits per heavy atom. The molecule has 1 aromatic carbocycles. The molecule has 0 unspecified atom stereocenters. The van der Waals surface area contributed by atoms with Gasteiger partial charge >= 0.3 is 0 Å². The Labute approximate surface area is 122 Å². The Hall–Kier alpha value is -1.59. The van der Waals surface area contributed by atoms with Crippen molar-refractivity contribution in [3.63, 3.8) is 0 Å². The highest BCUT2D eigenvalue weighted by Crippen LogP contribution is 2.18. The van der Waals surface area contributed by atoms with Crippen LogP contribution in [-0.4, -0.2) is 10.5 Å². The number of hydrogen-bond acceptors (Lipinski definition) is 2. The Morgan fingerprint density at radius 2 is 2.11 bits per heavy atom. The maximum atomic E-state index is 11.9. The fraction of sp³-hybridized carbons (Fsp3) is 0.0769. The predicted molar refractivity (Wildman–Crippen MR) is 77.5 cm³/mol. The number of nitrogens with two attached hydrogens (primary N) is 1. The van der Waals surface area contributed by atoms with Crippen molar-refractivity contribution in [2.24, 2.45) is 5.73 Å². The number of rotatable bonds is 3. The van der Waals surface area contributed by atoms with E-state index in [-0.39, 0.29) is 5.56 Å². The van der Waals surface area contributed by atoms with E-state index in [4.69, 9.17) is 17.3 Å². The van der Waals surface area contributed by atoms with E-state index in [2.05, 4.69) is 15.9 Å². The first kappa shape index (κ1) is 13.8. The molecule has 98 valence electrons. The molecule has 0 atom stereocenters. The number of pyridine rings is 1. The van der Waals surface area contributed by atoms with Crippen molar-refractivity contribution in [2.75, 3.05) is 0 Å². The van der Waals surface area contributed by atoms with Crippen molar-refractivity contribution >= 4 is 33.4 Å². The van der Waals surface area contributed by atoms with Gasteiger partial charge in [0, 0.05) is 16.8 Å². The Bertz CT molecular complexity index is 697. The van der Waals surface area contributed by atoms with E-state index in [9.17, 15) is 9.59 Å². The normalized spacial score (nSPS) is 10.4. The van der Waals surface area contributed by atoms with Gasteiger partial charge in [-0.25, -0.2) is 0 Å². The van der Waals surface area contributed by atoms with Crippen LogP contribution in [0.25, 0.3) is 0 Å². The molecule has 19 heavy (non-hydrogen) atoms. The molecule has 1 amide bonds. The van der Waals surface area contributed by atoms with Gasteiger partial charge in [-0.1, -0.05) is 17.7 Å². The fourth-order valence-electron chi connectivity index (χ4n) is 1.64. The van der Waals surface area contributed by atoms with Crippen LogP contribution >= 0.6 is 27.5 Å². The van der Waals surface area contributed by atoms with E-state index in [1.165, 1.54) is 10.6 Å². The van der Waals surface area contributed by atoms with E-state index in [1.807, 2.05) is 0 Å². The molecule has 4 nitrogen and oxygen atoms in total. The number of carbonyl (C=O) groups is 1. The second kappa shape index (κ2) is 5.59. The Balaban J connectivity index is 2.36. The molecule has 6 heteroatoms. The van der Waals surface area contributed by atoms with Crippen LogP contribution in [-0.2, 0) is 6.54 Å². The number of aromatic nitrogens is 1. The monoisotopic (exact) mass is 340 g/mol. The summed E-state index contributed by atoms with van der Waals surface area (Å²) < 4.78 is 2.01. The van der Waals surface area contributed by atoms with Gasteiger partial charge in [-0.2, -0.15) is 0 Å². The van der Waals surface area contributed by atoms with Crippen molar-refractivity contribution < 1.29 is 4.79 Å². The summed E-state index contributed by atoms with van der Waals surface area (Å²) >= 11 is 9.26. The topological polar surface area (TPSA) is 65.1 Å². The smallest absolute Gasteiger partial charge is 0.265 e. The number of hydrogen-bond donors (Lipinski definition) is 1. The number of benzene rings is 1. The van der Waals surface area contributed by atoms with E-state index in [0.717, 1.165) is 5.56 Å². The highest BCUT2D eigenvalue weighted by atomic mass is 79.9. The van der Waals surface area contributed by atoms with Crippen LogP contribution in [0, 0.1) is 0 Å². The van der Waals surface area contributed by atoms with Gasteiger partial charge in [-0.3, -0.25) is 9.59 Å². The number of nitrogens with zero attached hydrogens (tertiary/aromatic N) is 1. The summed E-state index contributed by atoms with van der Waals surface area (Å²) in [4.78, 5) is 22.9. The minimum atomic E-state index is -0.534. The molecule has 0 bridgehead atoms. The van der Waals surface area contributed by atoms with Crippen LogP contribution in [0.1, 0.15) is 15.9 Å². The molecule has 0 spiro atoms. The number of carbonyl (C=O) groups excluding carboxylic acids is 1. The summed E-state index contributed by atoms with van der Waals surface area (Å²) in [5.74, 6) is -0.534. The largest absolute Gasteiger partial charge is 0.366 e. The molecule has 0 saturated heterocycles. The first-order valence-electron chi connectivity index (χ1n) is 5.42. The average Bonchev–Trinajstić information content (AvgIpc) is 2.37. The van der Waals surface area contributed by atoms with Crippen molar-refractivity contribution in [3.05, 3.63) is 67.5 Å². The molecule has 1 aromatic heterocycles. The highest BCUT2D eigenvalue weighted by molar-refractivity contribution is 9.10. The van der Waals surface area contributed by atoms with Crippen LogP contribution in [0.3, 0.4) is 0 Å². The summed E-state index contributed by atoms with van der Waals surface area (Å²) in [6.07, 6.45) is 1.67. The van der Waals surface area contributed by atoms with Gasteiger partial charge in [-0.05, 0) is 45.8 Å². The van der Waals surface area contributed by atoms with Crippen LogP contribution < -0.4 is 11.3 Å². The van der Waals surface area contributed by atoms with Crippen LogP contribution in [0.4, 0.5) is 0 Å². The van der Waals surface area contributed by atoms with Gasteiger partial charge in [0.15, 0.2) is 0 Å². The molecule has 0 aliphatic rings. The minimum Gasteiger partial charge on any atom is -0.366 e. The van der Waals surface area contributed by atoms with Crippen LogP contribution in [0.5, 0.6) is 0 Å². The van der Waals surface area contributed by atoms with E-state index in [1.54, 1.807) is 30.5 Å². The molecule has 2 N–H and O–H groups in total. The van der Waals surface area contributed by atoms with Gasteiger partial charge in [0.1, 0.15) is 0 Å². The summed E-state index contributed by atoms with van der Waals surface area (Å²) in [5.41, 5.74) is 6.11. The van der Waals surface area contributed by atoms with Gasteiger partial charge in [0.25, 0.3) is 5.56 Å². The zero-order valence-corrected chi connectivity index (χ0v) is 12.1. The quantitative estimate of drug-likeness (QED) is 0.931. The van der Waals surface area contributed by atoms with Crippen molar-refractivity contribution in [1.29, 1.82) is 0 Å². The number of primary amides is 1. The Morgan fingerprint density at radius 1 is 1.37 bits per heavy atom. The highest BCUT2D eigenvalue weighted by Gasteiger charge is 2.07. The molecule has 0 radical (unpaired) electrons. The molecule has 2 rings (SSSR count). The summed E-state index contributed by atoms with van der Waals surface area (Å²) in [7, 11) is 0. The summed E-state index contributed by atoms with van der Waals surface area (Å²) in [6.45, 7) is 0.330. The predicted octanol–water partition coefficient (Wildman–Crippen LogP) is 2.41. The molecule has 1 heterocycles. The minimum absolute atomic E-state index is 0.141. The third-order valence-corrected chi connectivity index (χ3v) is 3.61. The standard InChI is InChI=1S/C13H10BrClN2O2/c14-10-2-1-5-17(13(10)19)7-9-4-3-8(12(16)18)6-11(9)15/h1-6H,7H2,(H2,16,18). The third-order valence-electron chi connectivity index (χ3n) is 2.65.